The van der Waals surface area contributed by atoms with Gasteiger partial charge < -0.3 is 10.1 Å². The molecule has 16 heavy (non-hydrogen) atoms. The van der Waals surface area contributed by atoms with Crippen molar-refractivity contribution in [3.05, 3.63) is 27.8 Å². The van der Waals surface area contributed by atoms with Crippen molar-refractivity contribution in [2.24, 2.45) is 0 Å². The second-order valence-corrected chi connectivity index (χ2v) is 4.55. The molecule has 0 aliphatic carbocycles. The van der Waals surface area contributed by atoms with Crippen LogP contribution in [0, 0.1) is 3.57 Å². The van der Waals surface area contributed by atoms with Crippen LogP contribution in [0.3, 0.4) is 0 Å². The maximum absolute atomic E-state index is 11.5. The number of carbonyl (C=O) groups excluding carboxylic acids is 1. The van der Waals surface area contributed by atoms with Gasteiger partial charge in [0.1, 0.15) is 0 Å². The van der Waals surface area contributed by atoms with Gasteiger partial charge in [-0.15, -0.1) is 0 Å². The molecule has 0 saturated carbocycles. The van der Waals surface area contributed by atoms with Gasteiger partial charge in [-0.2, -0.15) is 0 Å². The lowest BCUT2D eigenvalue weighted by molar-refractivity contribution is -0.117. The molecule has 0 aliphatic rings. The zero-order chi connectivity index (χ0) is 11.8. The van der Waals surface area contributed by atoms with Gasteiger partial charge in [0, 0.05) is 10.2 Å². The van der Waals surface area contributed by atoms with Crippen molar-refractivity contribution in [3.8, 4) is 0 Å². The molecule has 1 aromatic rings. The van der Waals surface area contributed by atoms with Crippen LogP contribution >= 0.6 is 22.6 Å². The van der Waals surface area contributed by atoms with E-state index in [1.54, 1.807) is 0 Å². The Bertz CT molecular complexity index is 342. The monoisotopic (exact) mass is 333 g/mol. The summed E-state index contributed by atoms with van der Waals surface area (Å²) in [6.07, 6.45) is 1.39. The minimum atomic E-state index is 0.000203. The van der Waals surface area contributed by atoms with Crippen molar-refractivity contribution in [2.45, 2.75) is 19.8 Å². The second-order valence-electron chi connectivity index (χ2n) is 3.39. The first kappa shape index (κ1) is 13.4. The molecule has 0 aliphatic heterocycles. The lowest BCUT2D eigenvalue weighted by Gasteiger charge is -2.07. The second kappa shape index (κ2) is 7.62. The molecule has 0 unspecified atom stereocenters. The number of anilines is 1. The maximum Gasteiger partial charge on any atom is 0.226 e. The summed E-state index contributed by atoms with van der Waals surface area (Å²) in [6.45, 7) is 3.26. The van der Waals surface area contributed by atoms with Gasteiger partial charge in [0.05, 0.1) is 18.7 Å². The van der Waals surface area contributed by atoms with E-state index in [-0.39, 0.29) is 5.91 Å². The smallest absolute Gasteiger partial charge is 0.226 e. The van der Waals surface area contributed by atoms with Crippen LogP contribution in [-0.4, -0.2) is 19.1 Å². The van der Waals surface area contributed by atoms with Crippen molar-refractivity contribution in [2.75, 3.05) is 18.5 Å². The minimum Gasteiger partial charge on any atom is -0.381 e. The Labute approximate surface area is 110 Å². The van der Waals surface area contributed by atoms with Crippen LogP contribution < -0.4 is 5.32 Å². The van der Waals surface area contributed by atoms with Gasteiger partial charge in [-0.05, 0) is 41.1 Å². The molecule has 1 rings (SSSR count). The summed E-state index contributed by atoms with van der Waals surface area (Å²) < 4.78 is 6.30. The number of hydrogen-bond donors (Lipinski definition) is 1. The molecule has 0 aromatic heterocycles. The summed E-state index contributed by atoms with van der Waals surface area (Å²) in [6, 6.07) is 7.71. The number of amides is 1. The quantitative estimate of drug-likeness (QED) is 0.642. The van der Waals surface area contributed by atoms with Gasteiger partial charge in [0.25, 0.3) is 0 Å². The Morgan fingerprint density at radius 3 is 2.81 bits per heavy atom. The summed E-state index contributed by atoms with van der Waals surface area (Å²) in [7, 11) is 0. The highest BCUT2D eigenvalue weighted by Crippen LogP contribution is 2.16. The molecule has 0 bridgehead atoms. The molecule has 4 heteroatoms. The van der Waals surface area contributed by atoms with E-state index in [1.807, 2.05) is 31.2 Å². The lowest BCUT2D eigenvalue weighted by Crippen LogP contribution is -2.15. The van der Waals surface area contributed by atoms with Gasteiger partial charge in [-0.25, -0.2) is 0 Å². The number of hydrogen-bond acceptors (Lipinski definition) is 2. The van der Waals surface area contributed by atoms with Gasteiger partial charge in [0.15, 0.2) is 0 Å². The molecule has 1 aromatic carbocycles. The van der Waals surface area contributed by atoms with E-state index in [0.717, 1.165) is 22.3 Å². The van der Waals surface area contributed by atoms with Gasteiger partial charge >= 0.3 is 0 Å². The van der Waals surface area contributed by atoms with Crippen LogP contribution in [0.4, 0.5) is 5.69 Å². The molecule has 0 spiro atoms. The number of rotatable bonds is 6. The number of halogens is 1. The Morgan fingerprint density at radius 2 is 2.12 bits per heavy atom. The summed E-state index contributed by atoms with van der Waals surface area (Å²) in [5.74, 6) is 0.000203. The zero-order valence-corrected chi connectivity index (χ0v) is 11.5. The third kappa shape index (κ3) is 4.94. The molecule has 0 radical (unpaired) electrons. The SMILES string of the molecule is CCCOCCC(=O)Nc1ccccc1I. The lowest BCUT2D eigenvalue weighted by atomic mass is 10.3. The summed E-state index contributed by atoms with van der Waals surface area (Å²) in [5.41, 5.74) is 0.864. The van der Waals surface area contributed by atoms with Crippen molar-refractivity contribution >= 4 is 34.2 Å². The van der Waals surface area contributed by atoms with E-state index in [2.05, 4.69) is 27.9 Å². The molecule has 1 N–H and O–H groups in total. The molecule has 1 amide bonds. The Hall–Kier alpha value is -0.620. The molecular formula is C12H16INO2. The van der Waals surface area contributed by atoms with Crippen LogP contribution in [0.2, 0.25) is 0 Å². The first-order chi connectivity index (χ1) is 7.74. The average Bonchev–Trinajstić information content (AvgIpc) is 2.28. The van der Waals surface area contributed by atoms with E-state index < -0.39 is 0 Å². The molecule has 0 atom stereocenters. The standard InChI is InChI=1S/C12H16INO2/c1-2-8-16-9-7-12(15)14-11-6-4-3-5-10(11)13/h3-6H,2,7-9H2,1H3,(H,14,15). The van der Waals surface area contributed by atoms with Crippen molar-refractivity contribution in [1.82, 2.24) is 0 Å². The third-order valence-corrected chi connectivity index (χ3v) is 2.91. The molecule has 3 nitrogen and oxygen atoms in total. The van der Waals surface area contributed by atoms with E-state index in [1.165, 1.54) is 0 Å². The molecule has 0 saturated heterocycles. The summed E-state index contributed by atoms with van der Waals surface area (Å²) in [5, 5.41) is 2.86. The van der Waals surface area contributed by atoms with E-state index in [0.29, 0.717) is 13.0 Å². The molecular weight excluding hydrogens is 317 g/mol. The van der Waals surface area contributed by atoms with Gasteiger partial charge in [-0.3, -0.25) is 4.79 Å². The Kier molecular flexibility index (Phi) is 6.40. The first-order valence-corrected chi connectivity index (χ1v) is 6.44. The summed E-state index contributed by atoms with van der Waals surface area (Å²) >= 11 is 2.20. The van der Waals surface area contributed by atoms with E-state index in [9.17, 15) is 4.79 Å². The number of nitrogens with one attached hydrogen (secondary N) is 1. The van der Waals surface area contributed by atoms with Crippen LogP contribution in [0.5, 0.6) is 0 Å². The summed E-state index contributed by atoms with van der Waals surface area (Å²) in [4.78, 5) is 11.5. The minimum absolute atomic E-state index is 0.000203. The first-order valence-electron chi connectivity index (χ1n) is 5.36. The highest BCUT2D eigenvalue weighted by Gasteiger charge is 2.04. The predicted octanol–water partition coefficient (Wildman–Crippen LogP) is 3.05. The van der Waals surface area contributed by atoms with Crippen molar-refractivity contribution < 1.29 is 9.53 Å². The molecule has 0 fully saturated rings. The number of benzene rings is 1. The van der Waals surface area contributed by atoms with Crippen molar-refractivity contribution in [3.63, 3.8) is 0 Å². The number of ether oxygens (including phenoxy) is 1. The third-order valence-electron chi connectivity index (χ3n) is 1.97. The highest BCUT2D eigenvalue weighted by atomic mass is 127. The normalized spacial score (nSPS) is 10.1. The van der Waals surface area contributed by atoms with E-state index >= 15 is 0 Å². The van der Waals surface area contributed by atoms with Gasteiger partial charge in [0.2, 0.25) is 5.91 Å². The van der Waals surface area contributed by atoms with Crippen LogP contribution in [-0.2, 0) is 9.53 Å². The topological polar surface area (TPSA) is 38.3 Å². The fourth-order valence-corrected chi connectivity index (χ4v) is 1.71. The maximum atomic E-state index is 11.5. The van der Waals surface area contributed by atoms with Crippen molar-refractivity contribution in [1.29, 1.82) is 0 Å². The van der Waals surface area contributed by atoms with E-state index in [4.69, 9.17) is 4.74 Å². The highest BCUT2D eigenvalue weighted by molar-refractivity contribution is 14.1. The molecule has 0 heterocycles. The molecule has 88 valence electrons. The van der Waals surface area contributed by atoms with Crippen LogP contribution in [0.15, 0.2) is 24.3 Å². The fourth-order valence-electron chi connectivity index (χ4n) is 1.19. The fraction of sp³-hybridized carbons (Fsp3) is 0.417. The average molecular weight is 333 g/mol. The zero-order valence-electron chi connectivity index (χ0n) is 9.33. The van der Waals surface area contributed by atoms with Gasteiger partial charge in [-0.1, -0.05) is 19.1 Å². The predicted molar refractivity (Wildman–Crippen MR) is 73.5 cm³/mol. The largest absolute Gasteiger partial charge is 0.381 e. The van der Waals surface area contributed by atoms with Crippen LogP contribution in [0.1, 0.15) is 19.8 Å². The van der Waals surface area contributed by atoms with Crippen LogP contribution in [0.25, 0.3) is 0 Å². The number of para-hydroxylation sites is 1. The Balaban J connectivity index is 2.32. The Morgan fingerprint density at radius 1 is 1.38 bits per heavy atom. The number of carbonyl (C=O) groups is 1.